The monoisotopic (exact) mass is 404 g/mol. The number of amides is 2. The van der Waals surface area contributed by atoms with E-state index in [9.17, 15) is 14.4 Å². The van der Waals surface area contributed by atoms with Crippen molar-refractivity contribution >= 4 is 27.6 Å². The van der Waals surface area contributed by atoms with Crippen LogP contribution in [0.5, 0.6) is 0 Å². The summed E-state index contributed by atoms with van der Waals surface area (Å²) in [5.41, 5.74) is 0.468. The van der Waals surface area contributed by atoms with E-state index in [1.807, 2.05) is 6.92 Å². The highest BCUT2D eigenvalue weighted by molar-refractivity contribution is 7.18. The van der Waals surface area contributed by atoms with Crippen LogP contribution >= 0.6 is 11.3 Å². The first-order valence-electron chi connectivity index (χ1n) is 9.87. The lowest BCUT2D eigenvalue weighted by atomic mass is 10.1. The number of carbonyl (C=O) groups excluding carboxylic acids is 1. The Hall–Kier alpha value is -2.13. The Kier molecular flexibility index (Phi) is 4.13. The first-order chi connectivity index (χ1) is 13.5. The average molecular weight is 404 g/mol. The van der Waals surface area contributed by atoms with Gasteiger partial charge in [0.1, 0.15) is 4.83 Å². The van der Waals surface area contributed by atoms with Gasteiger partial charge in [0, 0.05) is 30.6 Å². The Bertz CT molecular complexity index is 1080. The van der Waals surface area contributed by atoms with Crippen molar-refractivity contribution in [2.75, 3.05) is 19.7 Å². The molecule has 150 valence electrons. The zero-order chi connectivity index (χ0) is 19.6. The first kappa shape index (κ1) is 17.9. The minimum Gasteiger partial charge on any atom is -0.376 e. The molecule has 0 radical (unpaired) electrons. The molecule has 0 spiro atoms. The van der Waals surface area contributed by atoms with Gasteiger partial charge in [0.15, 0.2) is 0 Å². The molecule has 3 aliphatic rings. The number of hydrogen-bond donors (Lipinski definition) is 1. The molecule has 4 heterocycles. The van der Waals surface area contributed by atoms with Gasteiger partial charge in [0.2, 0.25) is 0 Å². The predicted molar refractivity (Wildman–Crippen MR) is 106 cm³/mol. The van der Waals surface area contributed by atoms with Crippen molar-refractivity contribution in [1.29, 1.82) is 0 Å². The fraction of sp³-hybridized carbons (Fsp3) is 0.632. The second kappa shape index (κ2) is 6.45. The average Bonchev–Trinajstić information content (AvgIpc) is 3.03. The molecule has 8 nitrogen and oxygen atoms in total. The molecule has 3 atom stereocenters. The molecule has 1 saturated carbocycles. The molecule has 5 rings (SSSR count). The lowest BCUT2D eigenvalue weighted by Gasteiger charge is -2.27. The van der Waals surface area contributed by atoms with Gasteiger partial charge in [-0.25, -0.2) is 9.59 Å². The van der Waals surface area contributed by atoms with Gasteiger partial charge in [-0.15, -0.1) is 11.3 Å². The molecule has 1 aliphatic carbocycles. The smallest absolute Gasteiger partial charge is 0.332 e. The van der Waals surface area contributed by atoms with E-state index in [4.69, 9.17) is 4.74 Å². The van der Waals surface area contributed by atoms with Crippen molar-refractivity contribution < 1.29 is 9.53 Å². The molecule has 2 amide bonds. The van der Waals surface area contributed by atoms with Crippen LogP contribution in [0.15, 0.2) is 9.59 Å². The maximum Gasteiger partial charge on any atom is 0.332 e. The number of rotatable bonds is 5. The van der Waals surface area contributed by atoms with Crippen molar-refractivity contribution in [2.24, 2.45) is 5.92 Å². The van der Waals surface area contributed by atoms with E-state index in [1.165, 1.54) is 15.9 Å². The highest BCUT2D eigenvalue weighted by Crippen LogP contribution is 2.41. The van der Waals surface area contributed by atoms with Crippen LogP contribution in [0, 0.1) is 12.8 Å². The van der Waals surface area contributed by atoms with Crippen LogP contribution in [0.25, 0.3) is 10.2 Å². The molecule has 2 aromatic rings. The number of nitrogens with zero attached hydrogens (tertiary/aromatic N) is 3. The zero-order valence-electron chi connectivity index (χ0n) is 16.1. The summed E-state index contributed by atoms with van der Waals surface area (Å²) in [4.78, 5) is 41.9. The van der Waals surface area contributed by atoms with E-state index >= 15 is 0 Å². The van der Waals surface area contributed by atoms with E-state index in [0.717, 1.165) is 29.9 Å². The highest BCUT2D eigenvalue weighted by Gasteiger charge is 2.38. The van der Waals surface area contributed by atoms with Crippen LogP contribution < -0.4 is 16.6 Å². The number of fused-ring (bicyclic) bond motifs is 1. The van der Waals surface area contributed by atoms with Crippen LogP contribution in [0.1, 0.15) is 36.2 Å². The Labute approximate surface area is 165 Å². The van der Waals surface area contributed by atoms with Gasteiger partial charge >= 0.3 is 11.7 Å². The summed E-state index contributed by atoms with van der Waals surface area (Å²) < 4.78 is 8.75. The SMILES string of the molecule is Cc1c(CN2CCNC2=O)sc2c1c(=O)n([C@H]1C[C@@H]1C)c(=O)n2CC1CCO1. The van der Waals surface area contributed by atoms with Gasteiger partial charge in [-0.1, -0.05) is 6.92 Å². The Morgan fingerprint density at radius 1 is 1.29 bits per heavy atom. The number of hydrogen-bond acceptors (Lipinski definition) is 5. The number of ether oxygens (including phenoxy) is 1. The molecule has 0 bridgehead atoms. The highest BCUT2D eigenvalue weighted by atomic mass is 32.1. The maximum absolute atomic E-state index is 13.3. The molecule has 1 N–H and O–H groups in total. The summed E-state index contributed by atoms with van der Waals surface area (Å²) >= 11 is 1.46. The number of aryl methyl sites for hydroxylation is 1. The lowest BCUT2D eigenvalue weighted by molar-refractivity contribution is -0.0593. The van der Waals surface area contributed by atoms with Crippen molar-refractivity contribution in [1.82, 2.24) is 19.4 Å². The van der Waals surface area contributed by atoms with E-state index in [2.05, 4.69) is 12.2 Å². The number of urea groups is 1. The standard InChI is InChI=1S/C19H24N4O4S/c1-10-7-13(10)23-16(24)15-11(2)14(9-21-5-4-20-18(21)25)28-17(15)22(19(23)26)8-12-3-6-27-12/h10,12-13H,3-9H2,1-2H3,(H,20,25)/t10-,12?,13-/m0/s1. The summed E-state index contributed by atoms with van der Waals surface area (Å²) in [6, 6.07) is -0.0913. The fourth-order valence-electron chi connectivity index (χ4n) is 4.14. The molecule has 1 unspecified atom stereocenters. The van der Waals surface area contributed by atoms with Crippen molar-refractivity contribution in [3.05, 3.63) is 31.3 Å². The zero-order valence-corrected chi connectivity index (χ0v) is 16.9. The predicted octanol–water partition coefficient (Wildman–Crippen LogP) is 1.43. The van der Waals surface area contributed by atoms with Crippen molar-refractivity contribution in [3.8, 4) is 0 Å². The van der Waals surface area contributed by atoms with Gasteiger partial charge in [0.25, 0.3) is 5.56 Å². The Morgan fingerprint density at radius 2 is 2.04 bits per heavy atom. The van der Waals surface area contributed by atoms with Gasteiger partial charge in [-0.3, -0.25) is 13.9 Å². The van der Waals surface area contributed by atoms with Crippen LogP contribution in [0.2, 0.25) is 0 Å². The quantitative estimate of drug-likeness (QED) is 0.817. The largest absolute Gasteiger partial charge is 0.376 e. The van der Waals surface area contributed by atoms with Crippen LogP contribution in [0.3, 0.4) is 0 Å². The van der Waals surface area contributed by atoms with Crippen molar-refractivity contribution in [3.63, 3.8) is 0 Å². The van der Waals surface area contributed by atoms with E-state index in [0.29, 0.717) is 42.3 Å². The van der Waals surface area contributed by atoms with Gasteiger partial charge in [-0.2, -0.15) is 0 Å². The van der Waals surface area contributed by atoms with Crippen molar-refractivity contribution in [2.45, 2.75) is 51.9 Å². The van der Waals surface area contributed by atoms with E-state index < -0.39 is 0 Å². The number of carbonyl (C=O) groups is 1. The fourth-order valence-corrected chi connectivity index (χ4v) is 5.46. The third kappa shape index (κ3) is 2.71. The first-order valence-corrected chi connectivity index (χ1v) is 10.7. The lowest BCUT2D eigenvalue weighted by Crippen LogP contribution is -2.43. The third-order valence-corrected chi connectivity index (χ3v) is 7.50. The number of thiophene rings is 1. The van der Waals surface area contributed by atoms with Crippen LogP contribution in [-0.2, 0) is 17.8 Å². The summed E-state index contributed by atoms with van der Waals surface area (Å²) in [5, 5.41) is 3.43. The van der Waals surface area contributed by atoms with Gasteiger partial charge in [-0.05, 0) is 31.2 Å². The second-order valence-electron chi connectivity index (χ2n) is 8.11. The summed E-state index contributed by atoms with van der Waals surface area (Å²) in [7, 11) is 0. The molecule has 2 aliphatic heterocycles. The molecular formula is C19H24N4O4S. The topological polar surface area (TPSA) is 85.6 Å². The minimum absolute atomic E-state index is 0.00920. The van der Waals surface area contributed by atoms with Gasteiger partial charge in [0.05, 0.1) is 24.6 Å². The molecule has 2 saturated heterocycles. The molecule has 3 fully saturated rings. The minimum atomic E-state index is -0.228. The third-order valence-electron chi connectivity index (χ3n) is 6.20. The number of aromatic nitrogens is 2. The Morgan fingerprint density at radius 3 is 2.61 bits per heavy atom. The molecule has 28 heavy (non-hydrogen) atoms. The van der Waals surface area contributed by atoms with E-state index in [1.54, 1.807) is 9.47 Å². The Balaban J connectivity index is 1.66. The maximum atomic E-state index is 13.3. The van der Waals surface area contributed by atoms with E-state index in [-0.39, 0.29) is 29.4 Å². The van der Waals surface area contributed by atoms with Crippen LogP contribution in [-0.4, -0.2) is 45.9 Å². The molecule has 2 aromatic heterocycles. The summed E-state index contributed by atoms with van der Waals surface area (Å²) in [6.07, 6.45) is 1.82. The summed E-state index contributed by atoms with van der Waals surface area (Å²) in [6.45, 7) is 6.94. The van der Waals surface area contributed by atoms with Gasteiger partial charge < -0.3 is 15.0 Å². The summed E-state index contributed by atoms with van der Waals surface area (Å²) in [5.74, 6) is 0.350. The molecule has 0 aromatic carbocycles. The molecule has 9 heteroatoms. The molecular weight excluding hydrogens is 380 g/mol. The normalized spacial score (nSPS) is 26.6. The second-order valence-corrected chi connectivity index (χ2v) is 9.20. The van der Waals surface area contributed by atoms with Crippen LogP contribution in [0.4, 0.5) is 4.79 Å². The number of nitrogens with one attached hydrogen (secondary N) is 1.